The van der Waals surface area contributed by atoms with Gasteiger partial charge in [0.05, 0.1) is 6.33 Å². The number of Topliss-reactive ketones (excluding diaryl/α,β-unsaturated/α-hetero) is 1. The molecule has 0 amide bonds. The predicted molar refractivity (Wildman–Crippen MR) is 90.7 cm³/mol. The van der Waals surface area contributed by atoms with Gasteiger partial charge in [-0.15, -0.1) is 0 Å². The lowest BCUT2D eigenvalue weighted by atomic mass is 10.1. The van der Waals surface area contributed by atoms with Crippen LogP contribution in [-0.4, -0.2) is 25.7 Å². The highest BCUT2D eigenvalue weighted by Crippen LogP contribution is 2.11. The van der Waals surface area contributed by atoms with E-state index in [1.54, 1.807) is 0 Å². The van der Waals surface area contributed by atoms with Crippen LogP contribution in [0.2, 0.25) is 0 Å². The number of nitrogens with one attached hydrogen (secondary N) is 2. The van der Waals surface area contributed by atoms with E-state index in [1.165, 1.54) is 51.3 Å². The summed E-state index contributed by atoms with van der Waals surface area (Å²) in [4.78, 5) is 37.1. The van der Waals surface area contributed by atoms with Gasteiger partial charge in [-0.05, 0) is 6.42 Å². The number of ketones is 1. The number of hydrogen-bond donors (Lipinski definition) is 2. The van der Waals surface area contributed by atoms with E-state index in [-0.39, 0.29) is 17.2 Å². The Morgan fingerprint density at radius 3 is 2.39 bits per heavy atom. The summed E-state index contributed by atoms with van der Waals surface area (Å²) in [6, 6.07) is 0. The van der Waals surface area contributed by atoms with Crippen molar-refractivity contribution < 1.29 is 4.79 Å². The monoisotopic (exact) mass is 318 g/mol. The first-order valence-electron chi connectivity index (χ1n) is 8.69. The molecule has 126 valence electrons. The van der Waals surface area contributed by atoms with Crippen molar-refractivity contribution in [2.45, 2.75) is 71.1 Å². The third-order valence-corrected chi connectivity index (χ3v) is 4.07. The molecule has 2 N–H and O–H groups in total. The van der Waals surface area contributed by atoms with Gasteiger partial charge in [0.2, 0.25) is 0 Å². The number of carbonyl (C=O) groups is 1. The Balaban J connectivity index is 1.67. The van der Waals surface area contributed by atoms with Gasteiger partial charge in [-0.2, -0.15) is 0 Å². The molecular weight excluding hydrogens is 292 g/mol. The van der Waals surface area contributed by atoms with E-state index in [4.69, 9.17) is 0 Å². The lowest BCUT2D eigenvalue weighted by Gasteiger charge is -2.02. The summed E-state index contributed by atoms with van der Waals surface area (Å²) >= 11 is 0. The molecule has 0 aliphatic carbocycles. The van der Waals surface area contributed by atoms with E-state index < -0.39 is 0 Å². The van der Waals surface area contributed by atoms with Crippen molar-refractivity contribution in [1.82, 2.24) is 19.9 Å². The van der Waals surface area contributed by atoms with Crippen molar-refractivity contribution in [2.75, 3.05) is 0 Å². The molecule has 6 heteroatoms. The number of carbonyl (C=O) groups excluding carboxylic acids is 1. The second kappa shape index (κ2) is 9.22. The Hall–Kier alpha value is -1.98. The number of unbranched alkanes of at least 4 members (excludes halogenated alkanes) is 8. The third-order valence-electron chi connectivity index (χ3n) is 4.07. The maximum atomic E-state index is 12.1. The van der Waals surface area contributed by atoms with Gasteiger partial charge in [-0.25, -0.2) is 9.97 Å². The summed E-state index contributed by atoms with van der Waals surface area (Å²) in [7, 11) is 0. The maximum Gasteiger partial charge on any atom is 0.277 e. The predicted octanol–water partition coefficient (Wildman–Crippen LogP) is 3.75. The average molecular weight is 318 g/mol. The summed E-state index contributed by atoms with van der Waals surface area (Å²) < 4.78 is 0. The molecule has 0 aliphatic rings. The largest absolute Gasteiger partial charge is 0.339 e. The first-order chi connectivity index (χ1) is 11.2. The minimum absolute atomic E-state index is 0.116. The van der Waals surface area contributed by atoms with E-state index in [9.17, 15) is 9.59 Å². The number of nitrogens with zero attached hydrogens (tertiary/aromatic N) is 2. The van der Waals surface area contributed by atoms with Crippen molar-refractivity contribution in [2.24, 2.45) is 0 Å². The SMILES string of the molecule is CCCCCCCCCCCC(=O)c1nc2nc[nH]c2c(=O)[nH]1. The van der Waals surface area contributed by atoms with Crippen LogP contribution >= 0.6 is 0 Å². The molecule has 6 nitrogen and oxygen atoms in total. The normalized spacial score (nSPS) is 11.2. The number of hydrogen-bond acceptors (Lipinski definition) is 4. The first kappa shape index (κ1) is 17.4. The Morgan fingerprint density at radius 1 is 1.04 bits per heavy atom. The van der Waals surface area contributed by atoms with E-state index in [0.29, 0.717) is 17.6 Å². The highest BCUT2D eigenvalue weighted by Gasteiger charge is 2.12. The Morgan fingerprint density at radius 2 is 1.70 bits per heavy atom. The molecule has 0 radical (unpaired) electrons. The van der Waals surface area contributed by atoms with Gasteiger partial charge in [0.15, 0.2) is 22.8 Å². The molecule has 2 rings (SSSR count). The zero-order valence-electron chi connectivity index (χ0n) is 13.9. The molecule has 0 spiro atoms. The molecular formula is C17H26N4O2. The number of imidazole rings is 1. The van der Waals surface area contributed by atoms with E-state index in [0.717, 1.165) is 12.8 Å². The lowest BCUT2D eigenvalue weighted by Crippen LogP contribution is -2.16. The quantitative estimate of drug-likeness (QED) is 0.487. The van der Waals surface area contributed by atoms with Crippen LogP contribution in [-0.2, 0) is 0 Å². The van der Waals surface area contributed by atoms with Crippen molar-refractivity contribution in [1.29, 1.82) is 0 Å². The lowest BCUT2D eigenvalue weighted by molar-refractivity contribution is 0.0969. The fourth-order valence-electron chi connectivity index (χ4n) is 2.69. The smallest absolute Gasteiger partial charge is 0.277 e. The molecule has 0 atom stereocenters. The number of rotatable bonds is 11. The fraction of sp³-hybridized carbons (Fsp3) is 0.647. The molecule has 0 fully saturated rings. The Bertz CT molecular complexity index is 675. The Kier molecular flexibility index (Phi) is 6.97. The second-order valence-corrected chi connectivity index (χ2v) is 6.02. The zero-order valence-corrected chi connectivity index (χ0v) is 13.9. The summed E-state index contributed by atoms with van der Waals surface area (Å²) in [6.45, 7) is 2.23. The molecule has 0 unspecified atom stereocenters. The fourth-order valence-corrected chi connectivity index (χ4v) is 2.69. The summed E-state index contributed by atoms with van der Waals surface area (Å²) in [6.07, 6.45) is 12.7. The van der Waals surface area contributed by atoms with Gasteiger partial charge in [-0.1, -0.05) is 58.3 Å². The van der Waals surface area contributed by atoms with Gasteiger partial charge in [0.25, 0.3) is 5.56 Å². The van der Waals surface area contributed by atoms with E-state index in [2.05, 4.69) is 26.9 Å². The zero-order chi connectivity index (χ0) is 16.5. The summed E-state index contributed by atoms with van der Waals surface area (Å²) in [5.74, 6) is 0.00381. The first-order valence-corrected chi connectivity index (χ1v) is 8.69. The van der Waals surface area contributed by atoms with Crippen LogP contribution in [0.3, 0.4) is 0 Å². The van der Waals surface area contributed by atoms with Crippen molar-refractivity contribution >= 4 is 16.9 Å². The van der Waals surface area contributed by atoms with Crippen LogP contribution in [0.25, 0.3) is 11.2 Å². The number of aromatic nitrogens is 4. The van der Waals surface area contributed by atoms with Crippen molar-refractivity contribution in [3.8, 4) is 0 Å². The van der Waals surface area contributed by atoms with Gasteiger partial charge in [0.1, 0.15) is 0 Å². The highest BCUT2D eigenvalue weighted by atomic mass is 16.1. The molecule has 0 saturated carbocycles. The number of aromatic amines is 2. The van der Waals surface area contributed by atoms with Gasteiger partial charge < -0.3 is 9.97 Å². The van der Waals surface area contributed by atoms with Gasteiger partial charge in [-0.3, -0.25) is 9.59 Å². The third kappa shape index (κ3) is 5.30. The highest BCUT2D eigenvalue weighted by molar-refractivity contribution is 5.93. The molecule has 23 heavy (non-hydrogen) atoms. The van der Waals surface area contributed by atoms with Gasteiger partial charge >= 0.3 is 0 Å². The summed E-state index contributed by atoms with van der Waals surface area (Å²) in [5.41, 5.74) is 0.261. The van der Waals surface area contributed by atoms with E-state index in [1.807, 2.05) is 0 Å². The summed E-state index contributed by atoms with van der Waals surface area (Å²) in [5, 5.41) is 0. The standard InChI is InChI=1S/C17H26N4O2/c1-2-3-4-5-6-7-8-9-10-11-13(22)15-20-16-14(17(23)21-15)18-12-19-16/h12H,2-11H2,1H3,(H2,18,19,20,21,23). The van der Waals surface area contributed by atoms with Crippen LogP contribution < -0.4 is 5.56 Å². The molecule has 0 saturated heterocycles. The van der Waals surface area contributed by atoms with Crippen LogP contribution in [0.5, 0.6) is 0 Å². The number of H-pyrrole nitrogens is 2. The Labute approximate surface area is 136 Å². The van der Waals surface area contributed by atoms with Crippen molar-refractivity contribution in [3.63, 3.8) is 0 Å². The minimum Gasteiger partial charge on any atom is -0.339 e. The molecule has 2 aromatic heterocycles. The molecule has 0 bridgehead atoms. The second-order valence-electron chi connectivity index (χ2n) is 6.02. The van der Waals surface area contributed by atoms with Crippen LogP contribution in [0, 0.1) is 0 Å². The van der Waals surface area contributed by atoms with Crippen LogP contribution in [0.4, 0.5) is 0 Å². The van der Waals surface area contributed by atoms with Gasteiger partial charge in [0, 0.05) is 6.42 Å². The molecule has 0 aromatic carbocycles. The topological polar surface area (TPSA) is 91.5 Å². The molecule has 0 aliphatic heterocycles. The molecule has 2 aromatic rings. The van der Waals surface area contributed by atoms with E-state index >= 15 is 0 Å². The minimum atomic E-state index is -0.345. The van der Waals surface area contributed by atoms with Crippen LogP contribution in [0.15, 0.2) is 11.1 Å². The molecule has 2 heterocycles. The average Bonchev–Trinajstić information content (AvgIpc) is 3.02. The van der Waals surface area contributed by atoms with Crippen molar-refractivity contribution in [3.05, 3.63) is 22.5 Å². The number of fused-ring (bicyclic) bond motifs is 1. The maximum absolute atomic E-state index is 12.1. The van der Waals surface area contributed by atoms with Crippen LogP contribution in [0.1, 0.15) is 81.8 Å².